The Kier molecular flexibility index (Phi) is 8.71. The van der Waals surface area contributed by atoms with Crippen LogP contribution in [0.2, 0.25) is 0 Å². The summed E-state index contributed by atoms with van der Waals surface area (Å²) in [5.74, 6) is -0.104. The van der Waals surface area contributed by atoms with E-state index in [0.29, 0.717) is 12.3 Å². The number of alkyl carbamates (subject to hydrolysis) is 1. The van der Waals surface area contributed by atoms with Gasteiger partial charge in [0.1, 0.15) is 0 Å². The maximum absolute atomic E-state index is 12.4. The molecule has 0 saturated carbocycles. The van der Waals surface area contributed by atoms with Gasteiger partial charge in [0.05, 0.1) is 11.5 Å². The average Bonchev–Trinajstić information content (AvgIpc) is 2.59. The molecule has 0 aliphatic carbocycles. The molecule has 2 N–H and O–H groups in total. The molecule has 0 aliphatic rings. The van der Waals surface area contributed by atoms with Gasteiger partial charge in [0.2, 0.25) is 10.0 Å². The fourth-order valence-electron chi connectivity index (χ4n) is 2.43. The Balaban J connectivity index is 2.83. The van der Waals surface area contributed by atoms with Gasteiger partial charge in [0, 0.05) is 32.2 Å². The molecule has 1 aromatic carbocycles. The number of carbonyl (C=O) groups is 2. The Morgan fingerprint density at radius 2 is 1.89 bits per heavy atom. The van der Waals surface area contributed by atoms with E-state index < -0.39 is 22.0 Å². The first kappa shape index (κ1) is 22.9. The Labute approximate surface area is 161 Å². The van der Waals surface area contributed by atoms with Crippen molar-refractivity contribution in [3.05, 3.63) is 29.8 Å². The zero-order valence-corrected chi connectivity index (χ0v) is 17.3. The van der Waals surface area contributed by atoms with Gasteiger partial charge in [-0.1, -0.05) is 19.9 Å². The van der Waals surface area contributed by atoms with Crippen LogP contribution in [-0.4, -0.2) is 58.0 Å². The average molecular weight is 400 g/mol. The van der Waals surface area contributed by atoms with Gasteiger partial charge in [-0.2, -0.15) is 0 Å². The summed E-state index contributed by atoms with van der Waals surface area (Å²) in [5.41, 5.74) is 0.234. The fourth-order valence-corrected chi connectivity index (χ4v) is 3.38. The minimum atomic E-state index is -3.62. The van der Waals surface area contributed by atoms with Crippen LogP contribution in [-0.2, 0) is 14.8 Å². The molecule has 0 bridgehead atoms. The highest BCUT2D eigenvalue weighted by Crippen LogP contribution is 2.15. The number of nitrogens with one attached hydrogen (secondary N) is 2. The first-order chi connectivity index (χ1) is 12.6. The van der Waals surface area contributed by atoms with Gasteiger partial charge in [-0.15, -0.1) is 0 Å². The molecule has 1 atom stereocenters. The SMILES string of the molecule is CCOC(=O)NC(CNC(=O)c1cccc(S(=O)(=O)N(C)C)c1)CC(C)C. The highest BCUT2D eigenvalue weighted by Gasteiger charge is 2.20. The minimum Gasteiger partial charge on any atom is -0.450 e. The summed E-state index contributed by atoms with van der Waals surface area (Å²) in [6.45, 7) is 6.21. The summed E-state index contributed by atoms with van der Waals surface area (Å²) in [6, 6.07) is 5.55. The maximum atomic E-state index is 12.4. The van der Waals surface area contributed by atoms with Crippen molar-refractivity contribution in [1.82, 2.24) is 14.9 Å². The first-order valence-electron chi connectivity index (χ1n) is 8.82. The van der Waals surface area contributed by atoms with Crippen molar-refractivity contribution in [3.63, 3.8) is 0 Å². The van der Waals surface area contributed by atoms with Crippen LogP contribution in [0.3, 0.4) is 0 Å². The van der Waals surface area contributed by atoms with Gasteiger partial charge in [-0.3, -0.25) is 4.79 Å². The highest BCUT2D eigenvalue weighted by atomic mass is 32.2. The molecule has 0 saturated heterocycles. The van der Waals surface area contributed by atoms with E-state index in [9.17, 15) is 18.0 Å². The summed E-state index contributed by atoms with van der Waals surface area (Å²) in [6.07, 6.45) is 0.130. The lowest BCUT2D eigenvalue weighted by Crippen LogP contribution is -2.44. The summed E-state index contributed by atoms with van der Waals surface area (Å²) < 4.78 is 30.4. The molecule has 0 spiro atoms. The predicted molar refractivity (Wildman–Crippen MR) is 103 cm³/mol. The Morgan fingerprint density at radius 1 is 1.22 bits per heavy atom. The number of hydrogen-bond donors (Lipinski definition) is 2. The van der Waals surface area contributed by atoms with Crippen molar-refractivity contribution in [3.8, 4) is 0 Å². The number of hydrogen-bond acceptors (Lipinski definition) is 5. The van der Waals surface area contributed by atoms with E-state index >= 15 is 0 Å². The monoisotopic (exact) mass is 399 g/mol. The minimum absolute atomic E-state index is 0.0449. The Bertz CT molecular complexity index is 747. The normalized spacial score (nSPS) is 12.7. The van der Waals surface area contributed by atoms with Crippen LogP contribution in [0.15, 0.2) is 29.2 Å². The Hall–Kier alpha value is -2.13. The van der Waals surface area contributed by atoms with E-state index in [1.165, 1.54) is 32.3 Å². The van der Waals surface area contributed by atoms with Crippen LogP contribution in [0.4, 0.5) is 4.79 Å². The number of benzene rings is 1. The third kappa shape index (κ3) is 7.18. The number of rotatable bonds is 9. The van der Waals surface area contributed by atoms with Crippen LogP contribution < -0.4 is 10.6 Å². The molecule has 1 unspecified atom stereocenters. The molecule has 2 amide bonds. The van der Waals surface area contributed by atoms with Crippen molar-refractivity contribution >= 4 is 22.0 Å². The third-order valence-electron chi connectivity index (χ3n) is 3.74. The predicted octanol–water partition coefficient (Wildman–Crippen LogP) is 1.83. The van der Waals surface area contributed by atoms with Crippen molar-refractivity contribution < 1.29 is 22.7 Å². The van der Waals surface area contributed by atoms with Crippen molar-refractivity contribution in [1.29, 1.82) is 0 Å². The van der Waals surface area contributed by atoms with Gasteiger partial charge in [-0.05, 0) is 37.5 Å². The van der Waals surface area contributed by atoms with E-state index in [1.807, 2.05) is 13.8 Å². The summed E-state index contributed by atoms with van der Waals surface area (Å²) in [4.78, 5) is 24.1. The summed E-state index contributed by atoms with van der Waals surface area (Å²) >= 11 is 0. The molecule has 0 heterocycles. The second kappa shape index (κ2) is 10.3. The lowest BCUT2D eigenvalue weighted by atomic mass is 10.0. The van der Waals surface area contributed by atoms with E-state index in [4.69, 9.17) is 4.74 Å². The van der Waals surface area contributed by atoms with Gasteiger partial charge >= 0.3 is 6.09 Å². The van der Waals surface area contributed by atoms with Crippen LogP contribution in [0, 0.1) is 5.92 Å². The molecule has 0 fully saturated rings. The number of ether oxygens (including phenoxy) is 1. The summed E-state index contributed by atoms with van der Waals surface area (Å²) in [5, 5.41) is 5.47. The Morgan fingerprint density at radius 3 is 2.44 bits per heavy atom. The molecule has 0 aromatic heterocycles. The van der Waals surface area contributed by atoms with Crippen LogP contribution in [0.1, 0.15) is 37.6 Å². The van der Waals surface area contributed by atoms with Crippen LogP contribution in [0.5, 0.6) is 0 Å². The lowest BCUT2D eigenvalue weighted by Gasteiger charge is -2.21. The molecule has 0 radical (unpaired) electrons. The molecule has 27 heavy (non-hydrogen) atoms. The second-order valence-electron chi connectivity index (χ2n) is 6.72. The third-order valence-corrected chi connectivity index (χ3v) is 5.55. The molecule has 9 heteroatoms. The van der Waals surface area contributed by atoms with E-state index in [1.54, 1.807) is 13.0 Å². The highest BCUT2D eigenvalue weighted by molar-refractivity contribution is 7.89. The second-order valence-corrected chi connectivity index (χ2v) is 8.87. The number of nitrogens with zero attached hydrogens (tertiary/aromatic N) is 1. The molecule has 0 aliphatic heterocycles. The van der Waals surface area contributed by atoms with E-state index in [-0.39, 0.29) is 29.7 Å². The number of sulfonamides is 1. The van der Waals surface area contributed by atoms with E-state index in [2.05, 4.69) is 10.6 Å². The molecule has 8 nitrogen and oxygen atoms in total. The van der Waals surface area contributed by atoms with Gasteiger partial charge in [-0.25, -0.2) is 17.5 Å². The standard InChI is InChI=1S/C18H29N3O5S/c1-6-26-18(23)20-15(10-13(2)3)12-19-17(22)14-8-7-9-16(11-14)27(24,25)21(4)5/h7-9,11,13,15H,6,10,12H2,1-5H3,(H,19,22)(H,20,23). The molecule has 1 rings (SSSR count). The fraction of sp³-hybridized carbons (Fsp3) is 0.556. The largest absolute Gasteiger partial charge is 0.450 e. The van der Waals surface area contributed by atoms with Crippen LogP contribution in [0.25, 0.3) is 0 Å². The van der Waals surface area contributed by atoms with Gasteiger partial charge < -0.3 is 15.4 Å². The zero-order chi connectivity index (χ0) is 20.6. The van der Waals surface area contributed by atoms with Crippen molar-refractivity contribution in [2.45, 2.75) is 38.1 Å². The van der Waals surface area contributed by atoms with Gasteiger partial charge in [0.25, 0.3) is 5.91 Å². The lowest BCUT2D eigenvalue weighted by molar-refractivity contribution is 0.0944. The number of amides is 2. The molecular weight excluding hydrogens is 370 g/mol. The van der Waals surface area contributed by atoms with Crippen molar-refractivity contribution in [2.24, 2.45) is 5.92 Å². The topological polar surface area (TPSA) is 105 Å². The molecule has 1 aromatic rings. The molecular formula is C18H29N3O5S. The molecule has 152 valence electrons. The van der Waals surface area contributed by atoms with Gasteiger partial charge in [0.15, 0.2) is 0 Å². The first-order valence-corrected chi connectivity index (χ1v) is 10.3. The van der Waals surface area contributed by atoms with Crippen LogP contribution >= 0.6 is 0 Å². The van der Waals surface area contributed by atoms with E-state index in [0.717, 1.165) is 4.31 Å². The number of carbonyl (C=O) groups excluding carboxylic acids is 2. The maximum Gasteiger partial charge on any atom is 0.407 e. The van der Waals surface area contributed by atoms with Crippen molar-refractivity contribution in [2.75, 3.05) is 27.2 Å². The quantitative estimate of drug-likeness (QED) is 0.659. The zero-order valence-electron chi connectivity index (χ0n) is 16.5. The smallest absolute Gasteiger partial charge is 0.407 e. The summed E-state index contributed by atoms with van der Waals surface area (Å²) in [7, 11) is -0.762.